The van der Waals surface area contributed by atoms with Crippen LogP contribution in [0, 0.1) is 17.2 Å². The van der Waals surface area contributed by atoms with Gasteiger partial charge in [0.15, 0.2) is 5.82 Å². The number of likely N-dealkylation sites (tertiary alicyclic amines) is 1. The quantitative estimate of drug-likeness (QED) is 0.282. The van der Waals surface area contributed by atoms with Crippen molar-refractivity contribution in [2.45, 2.75) is 75.3 Å². The monoisotopic (exact) mass is 623 g/mol. The molecule has 1 saturated heterocycles. The van der Waals surface area contributed by atoms with E-state index in [1.165, 1.54) is 0 Å². The molecule has 240 valence electrons. The average molecular weight is 624 g/mol. The summed E-state index contributed by atoms with van der Waals surface area (Å²) in [5.74, 6) is 0.489. The van der Waals surface area contributed by atoms with Crippen LogP contribution in [-0.2, 0) is 23.1 Å². The van der Waals surface area contributed by atoms with Crippen LogP contribution in [0.3, 0.4) is 0 Å². The van der Waals surface area contributed by atoms with Gasteiger partial charge in [0.2, 0.25) is 5.91 Å². The Kier molecular flexibility index (Phi) is 9.12. The Balaban J connectivity index is 1.49. The van der Waals surface area contributed by atoms with E-state index in [0.29, 0.717) is 55.1 Å². The van der Waals surface area contributed by atoms with Crippen molar-refractivity contribution < 1.29 is 14.4 Å². The van der Waals surface area contributed by atoms with Gasteiger partial charge in [-0.1, -0.05) is 25.0 Å². The van der Waals surface area contributed by atoms with Crippen molar-refractivity contribution in [2.75, 3.05) is 27.2 Å². The summed E-state index contributed by atoms with van der Waals surface area (Å²) >= 11 is 0. The summed E-state index contributed by atoms with van der Waals surface area (Å²) in [6, 6.07) is 13.4. The lowest BCUT2D eigenvalue weighted by Crippen LogP contribution is -2.48. The van der Waals surface area contributed by atoms with Crippen LogP contribution in [0.2, 0.25) is 0 Å². The van der Waals surface area contributed by atoms with E-state index >= 15 is 0 Å². The van der Waals surface area contributed by atoms with E-state index in [0.717, 1.165) is 54.4 Å². The second kappa shape index (κ2) is 13.4. The Hall–Kier alpha value is -4.63. The number of benzene rings is 2. The van der Waals surface area contributed by atoms with Gasteiger partial charge < -0.3 is 20.9 Å². The first-order valence-corrected chi connectivity index (χ1v) is 16.3. The van der Waals surface area contributed by atoms with Crippen molar-refractivity contribution in [3.05, 3.63) is 75.6 Å². The van der Waals surface area contributed by atoms with Gasteiger partial charge in [-0.3, -0.25) is 14.4 Å². The molecule has 1 aliphatic heterocycles. The molecule has 3 aliphatic rings. The fourth-order valence-corrected chi connectivity index (χ4v) is 7.95. The van der Waals surface area contributed by atoms with Crippen molar-refractivity contribution in [1.29, 1.82) is 5.26 Å². The first-order chi connectivity index (χ1) is 22.4. The highest BCUT2D eigenvalue weighted by atomic mass is 16.2. The predicted molar refractivity (Wildman–Crippen MR) is 170 cm³/mol. The topological polar surface area (TPSA) is 169 Å². The summed E-state index contributed by atoms with van der Waals surface area (Å²) in [7, 11) is 3.24. The van der Waals surface area contributed by atoms with Crippen LogP contribution in [0.4, 0.5) is 0 Å². The molecule has 2 aliphatic carbocycles. The van der Waals surface area contributed by atoms with Gasteiger partial charge in [0.05, 0.1) is 18.0 Å². The zero-order chi connectivity index (χ0) is 32.3. The molecule has 0 radical (unpaired) electrons. The molecule has 2 heterocycles. The number of nitrogens with zero attached hydrogens (tertiary/aromatic N) is 5. The molecule has 0 bridgehead atoms. The second-order valence-corrected chi connectivity index (χ2v) is 12.7. The lowest BCUT2D eigenvalue weighted by atomic mass is 9.66. The van der Waals surface area contributed by atoms with Crippen LogP contribution in [0.1, 0.15) is 93.7 Å². The number of hydrogen-bond acceptors (Lipinski definition) is 8. The van der Waals surface area contributed by atoms with Crippen molar-refractivity contribution in [3.63, 3.8) is 0 Å². The molecular weight excluding hydrogens is 582 g/mol. The summed E-state index contributed by atoms with van der Waals surface area (Å²) in [4.78, 5) is 40.6. The molecule has 1 aromatic heterocycles. The van der Waals surface area contributed by atoms with Crippen LogP contribution in [0.5, 0.6) is 0 Å². The first kappa shape index (κ1) is 31.4. The number of rotatable bonds is 9. The summed E-state index contributed by atoms with van der Waals surface area (Å²) in [6.45, 7) is 0.734. The minimum absolute atomic E-state index is 0.0606. The van der Waals surface area contributed by atoms with Crippen molar-refractivity contribution >= 4 is 17.7 Å². The van der Waals surface area contributed by atoms with Crippen LogP contribution in [0.15, 0.2) is 36.4 Å². The van der Waals surface area contributed by atoms with Gasteiger partial charge >= 0.3 is 0 Å². The Labute approximate surface area is 268 Å². The third kappa shape index (κ3) is 5.75. The van der Waals surface area contributed by atoms with Gasteiger partial charge in [0, 0.05) is 37.8 Å². The lowest BCUT2D eigenvalue weighted by Gasteiger charge is -2.39. The number of aryl methyl sites for hydroxylation is 2. The third-order valence-electron chi connectivity index (χ3n) is 10.3. The normalized spacial score (nSPS) is 19.4. The minimum atomic E-state index is -0.876. The molecule has 2 atom stereocenters. The number of carbonyl (C=O) groups excluding carboxylic acids is 3. The number of amides is 3. The van der Waals surface area contributed by atoms with Crippen LogP contribution in [0.25, 0.3) is 0 Å². The number of carbonyl (C=O) groups is 3. The SMILES string of the molecule is CNC(=O)c1ccc2c(c1)CCc1cc(C(=O)NC)ccc1C2(C[C@H](NCC(=O)N1CCC[C@H]1C#N)C1CCCC1)c1nnn[nH]1. The van der Waals surface area contributed by atoms with Gasteiger partial charge in [0.1, 0.15) is 6.04 Å². The van der Waals surface area contributed by atoms with E-state index in [9.17, 15) is 19.6 Å². The number of aromatic amines is 1. The maximum atomic E-state index is 13.4. The average Bonchev–Trinajstić information content (AvgIpc) is 3.89. The maximum absolute atomic E-state index is 13.4. The van der Waals surface area contributed by atoms with Crippen LogP contribution < -0.4 is 16.0 Å². The summed E-state index contributed by atoms with van der Waals surface area (Å²) in [6.07, 6.45) is 7.69. The molecule has 46 heavy (non-hydrogen) atoms. The maximum Gasteiger partial charge on any atom is 0.251 e. The van der Waals surface area contributed by atoms with E-state index in [1.54, 1.807) is 19.0 Å². The number of fused-ring (bicyclic) bond motifs is 2. The smallest absolute Gasteiger partial charge is 0.251 e. The first-order valence-electron chi connectivity index (χ1n) is 16.3. The van der Waals surface area contributed by atoms with Crippen molar-refractivity contribution in [3.8, 4) is 6.07 Å². The number of tetrazole rings is 1. The Bertz CT molecular complexity index is 1570. The fraction of sp³-hybridized carbons (Fsp3) is 0.500. The number of H-pyrrole nitrogens is 1. The van der Waals surface area contributed by atoms with Gasteiger partial charge in [-0.05, 0) is 108 Å². The Morgan fingerprint density at radius 2 is 1.61 bits per heavy atom. The van der Waals surface area contributed by atoms with Crippen molar-refractivity contribution in [2.24, 2.45) is 5.92 Å². The molecule has 0 spiro atoms. The molecule has 6 rings (SSSR count). The van der Waals surface area contributed by atoms with E-state index in [2.05, 4.69) is 42.6 Å². The molecular formula is C34H41N9O3. The van der Waals surface area contributed by atoms with Gasteiger partial charge in [-0.25, -0.2) is 5.10 Å². The van der Waals surface area contributed by atoms with E-state index in [4.69, 9.17) is 0 Å². The van der Waals surface area contributed by atoms with Gasteiger partial charge in [-0.2, -0.15) is 5.26 Å². The Morgan fingerprint density at radius 3 is 2.15 bits per heavy atom. The van der Waals surface area contributed by atoms with Crippen LogP contribution >= 0.6 is 0 Å². The van der Waals surface area contributed by atoms with E-state index in [-0.39, 0.29) is 36.3 Å². The minimum Gasteiger partial charge on any atom is -0.355 e. The molecule has 1 saturated carbocycles. The highest BCUT2D eigenvalue weighted by molar-refractivity contribution is 5.95. The highest BCUT2D eigenvalue weighted by Crippen LogP contribution is 2.48. The molecule has 3 amide bonds. The fourth-order valence-electron chi connectivity index (χ4n) is 7.95. The summed E-state index contributed by atoms with van der Waals surface area (Å²) in [5.41, 5.74) is 4.25. The molecule has 2 fully saturated rings. The summed E-state index contributed by atoms with van der Waals surface area (Å²) in [5, 5.41) is 34.4. The summed E-state index contributed by atoms with van der Waals surface area (Å²) < 4.78 is 0. The van der Waals surface area contributed by atoms with Gasteiger partial charge in [-0.15, -0.1) is 5.10 Å². The zero-order valence-corrected chi connectivity index (χ0v) is 26.4. The molecule has 2 aromatic carbocycles. The number of hydrogen-bond donors (Lipinski definition) is 4. The van der Waals surface area contributed by atoms with Gasteiger partial charge in [0.25, 0.3) is 11.8 Å². The standard InChI is InChI=1S/C34H41N9O3/c1-36-31(45)24-11-13-27-22(16-24)9-10-23-17-25(32(46)37-2)12-14-28(23)34(27,33-39-41-42-40-33)18-29(21-6-3-4-7-21)38-20-30(44)43-15-5-8-26(43)19-35/h11-14,16-17,21,26,29,38H,3-10,15,18,20H2,1-2H3,(H,36,45)(H,37,46)(H,39,40,41,42)/t26-,29-/m0/s1. The molecule has 4 N–H and O–H groups in total. The molecule has 3 aromatic rings. The largest absolute Gasteiger partial charge is 0.355 e. The third-order valence-corrected chi connectivity index (χ3v) is 10.3. The molecule has 12 nitrogen and oxygen atoms in total. The van der Waals surface area contributed by atoms with Crippen molar-refractivity contribution in [1.82, 2.24) is 41.5 Å². The van der Waals surface area contributed by atoms with Crippen LogP contribution in [-0.4, -0.2) is 82.5 Å². The van der Waals surface area contributed by atoms with E-state index < -0.39 is 5.41 Å². The molecule has 12 heteroatoms. The Morgan fingerprint density at radius 1 is 0.978 bits per heavy atom. The number of nitrogens with one attached hydrogen (secondary N) is 4. The second-order valence-electron chi connectivity index (χ2n) is 12.7. The lowest BCUT2D eigenvalue weighted by molar-refractivity contribution is -0.130. The molecule has 0 unspecified atom stereocenters. The number of aromatic nitrogens is 4. The number of nitriles is 1. The predicted octanol–water partition coefficient (Wildman–Crippen LogP) is 2.40. The van der Waals surface area contributed by atoms with E-state index in [1.807, 2.05) is 36.4 Å². The zero-order valence-electron chi connectivity index (χ0n) is 26.4. The highest BCUT2D eigenvalue weighted by Gasteiger charge is 2.47.